The summed E-state index contributed by atoms with van der Waals surface area (Å²) in [6, 6.07) is 18.1. The van der Waals surface area contributed by atoms with E-state index >= 15 is 0 Å². The second kappa shape index (κ2) is 8.52. The first-order chi connectivity index (χ1) is 15.3. The smallest absolute Gasteiger partial charge is 0.282 e. The summed E-state index contributed by atoms with van der Waals surface area (Å²) < 4.78 is 5.21. The number of imide groups is 1. The van der Waals surface area contributed by atoms with Crippen LogP contribution in [0, 0.1) is 20.8 Å². The highest BCUT2D eigenvalue weighted by molar-refractivity contribution is 6.46. The zero-order chi connectivity index (χ0) is 23.0. The predicted octanol–water partition coefficient (Wildman–Crippen LogP) is 5.67. The van der Waals surface area contributed by atoms with Crippen LogP contribution in [0.25, 0.3) is 5.57 Å². The number of aryl methyl sites for hydroxylation is 3. The van der Waals surface area contributed by atoms with E-state index in [1.54, 1.807) is 49.6 Å². The molecule has 1 N–H and O–H groups in total. The molecule has 1 heterocycles. The number of benzene rings is 3. The Labute approximate surface area is 192 Å². The van der Waals surface area contributed by atoms with E-state index in [0.29, 0.717) is 33.3 Å². The van der Waals surface area contributed by atoms with Crippen molar-refractivity contribution < 1.29 is 14.3 Å². The van der Waals surface area contributed by atoms with Crippen LogP contribution in [0.1, 0.15) is 22.3 Å². The van der Waals surface area contributed by atoms with Crippen molar-refractivity contribution in [3.05, 3.63) is 93.6 Å². The summed E-state index contributed by atoms with van der Waals surface area (Å²) in [5, 5.41) is 3.65. The van der Waals surface area contributed by atoms with Gasteiger partial charge in [-0.1, -0.05) is 35.9 Å². The molecule has 0 radical (unpaired) electrons. The van der Waals surface area contributed by atoms with Crippen LogP contribution < -0.4 is 15.0 Å². The molecule has 162 valence electrons. The van der Waals surface area contributed by atoms with Crippen LogP contribution in [0.15, 0.2) is 66.4 Å². The van der Waals surface area contributed by atoms with Crippen LogP contribution in [0.3, 0.4) is 0 Å². The Hall–Kier alpha value is -3.57. The molecule has 0 fully saturated rings. The monoisotopic (exact) mass is 446 g/mol. The summed E-state index contributed by atoms with van der Waals surface area (Å²) in [4.78, 5) is 28.2. The summed E-state index contributed by atoms with van der Waals surface area (Å²) in [5.41, 5.74) is 5.35. The number of amides is 2. The third-order valence-electron chi connectivity index (χ3n) is 5.65. The number of rotatable bonds is 5. The summed E-state index contributed by atoms with van der Waals surface area (Å²) in [6.45, 7) is 5.86. The molecule has 0 aliphatic carbocycles. The van der Waals surface area contributed by atoms with Crippen molar-refractivity contribution in [2.24, 2.45) is 0 Å². The number of ether oxygens (including phenoxy) is 1. The van der Waals surface area contributed by atoms with E-state index < -0.39 is 11.8 Å². The van der Waals surface area contributed by atoms with Gasteiger partial charge in [0.1, 0.15) is 11.4 Å². The van der Waals surface area contributed by atoms with E-state index in [-0.39, 0.29) is 5.70 Å². The fourth-order valence-corrected chi connectivity index (χ4v) is 3.76. The highest BCUT2D eigenvalue weighted by Gasteiger charge is 2.40. The van der Waals surface area contributed by atoms with Crippen LogP contribution in [0.4, 0.5) is 11.4 Å². The molecule has 0 unspecified atom stereocenters. The Morgan fingerprint density at radius 2 is 1.50 bits per heavy atom. The Kier molecular flexibility index (Phi) is 5.76. The first kappa shape index (κ1) is 21.7. The van der Waals surface area contributed by atoms with Crippen LogP contribution in [-0.2, 0) is 9.59 Å². The van der Waals surface area contributed by atoms with Crippen LogP contribution in [0.2, 0.25) is 5.02 Å². The average Bonchev–Trinajstić information content (AvgIpc) is 3.02. The molecule has 0 saturated heterocycles. The second-order valence-corrected chi connectivity index (χ2v) is 8.19. The number of carbonyl (C=O) groups excluding carboxylic acids is 2. The fraction of sp³-hybridized carbons (Fsp3) is 0.154. The highest BCUT2D eigenvalue weighted by atomic mass is 35.5. The van der Waals surface area contributed by atoms with E-state index in [1.165, 1.54) is 4.90 Å². The lowest BCUT2D eigenvalue weighted by atomic mass is 9.99. The SMILES string of the molecule is COc1ccc(NC2=C(c3ccc(C)c(C)c3)C(=O)N(c3ccc(C)c(Cl)c3)C2=O)cc1. The number of halogens is 1. The number of hydrogen-bond donors (Lipinski definition) is 1. The molecule has 6 heteroatoms. The van der Waals surface area contributed by atoms with Gasteiger partial charge in [0.15, 0.2) is 0 Å². The first-order valence-electron chi connectivity index (χ1n) is 10.2. The second-order valence-electron chi connectivity index (χ2n) is 7.78. The largest absolute Gasteiger partial charge is 0.497 e. The molecule has 0 bridgehead atoms. The van der Waals surface area contributed by atoms with Crippen molar-refractivity contribution in [2.75, 3.05) is 17.3 Å². The van der Waals surface area contributed by atoms with Gasteiger partial charge in [0, 0.05) is 10.7 Å². The number of methoxy groups -OCH3 is 1. The lowest BCUT2D eigenvalue weighted by Crippen LogP contribution is -2.32. The number of nitrogens with zero attached hydrogens (tertiary/aromatic N) is 1. The average molecular weight is 447 g/mol. The lowest BCUT2D eigenvalue weighted by molar-refractivity contribution is -0.120. The van der Waals surface area contributed by atoms with Crippen molar-refractivity contribution in [3.63, 3.8) is 0 Å². The van der Waals surface area contributed by atoms with Crippen molar-refractivity contribution in [1.29, 1.82) is 0 Å². The van der Waals surface area contributed by atoms with Gasteiger partial charge in [0.05, 0.1) is 18.4 Å². The molecule has 3 aromatic rings. The highest BCUT2D eigenvalue weighted by Crippen LogP contribution is 2.35. The molecule has 1 aliphatic rings. The maximum atomic E-state index is 13.6. The molecule has 3 aromatic carbocycles. The molecule has 1 aliphatic heterocycles. The fourth-order valence-electron chi connectivity index (χ4n) is 3.58. The predicted molar refractivity (Wildman–Crippen MR) is 128 cm³/mol. The van der Waals surface area contributed by atoms with Crippen molar-refractivity contribution >= 4 is 40.4 Å². The van der Waals surface area contributed by atoms with Crippen molar-refractivity contribution in [2.45, 2.75) is 20.8 Å². The summed E-state index contributed by atoms with van der Waals surface area (Å²) in [7, 11) is 1.59. The number of hydrogen-bond acceptors (Lipinski definition) is 4. The van der Waals surface area contributed by atoms with Gasteiger partial charge >= 0.3 is 0 Å². The van der Waals surface area contributed by atoms with Crippen molar-refractivity contribution in [1.82, 2.24) is 0 Å². The van der Waals surface area contributed by atoms with Gasteiger partial charge in [-0.15, -0.1) is 0 Å². The minimum Gasteiger partial charge on any atom is -0.497 e. The third-order valence-corrected chi connectivity index (χ3v) is 6.06. The first-order valence-corrected chi connectivity index (χ1v) is 10.6. The number of anilines is 2. The molecule has 4 rings (SSSR count). The molecule has 2 amide bonds. The summed E-state index contributed by atoms with van der Waals surface area (Å²) >= 11 is 6.28. The van der Waals surface area contributed by atoms with Gasteiger partial charge in [-0.2, -0.15) is 0 Å². The number of carbonyl (C=O) groups is 2. The van der Waals surface area contributed by atoms with Gasteiger partial charge in [0.2, 0.25) is 0 Å². The van der Waals surface area contributed by atoms with Crippen LogP contribution >= 0.6 is 11.6 Å². The van der Waals surface area contributed by atoms with E-state index in [2.05, 4.69) is 5.32 Å². The van der Waals surface area contributed by atoms with Crippen LogP contribution in [0.5, 0.6) is 5.75 Å². The topological polar surface area (TPSA) is 58.6 Å². The minimum absolute atomic E-state index is 0.222. The van der Waals surface area contributed by atoms with Crippen molar-refractivity contribution in [3.8, 4) is 5.75 Å². The van der Waals surface area contributed by atoms with Gasteiger partial charge < -0.3 is 10.1 Å². The number of nitrogens with one attached hydrogen (secondary N) is 1. The van der Waals surface area contributed by atoms with E-state index in [4.69, 9.17) is 16.3 Å². The maximum Gasteiger partial charge on any atom is 0.282 e. The Morgan fingerprint density at radius 3 is 2.12 bits per heavy atom. The Balaban J connectivity index is 1.82. The standard InChI is InChI=1S/C26H23ClN2O3/c1-15-5-7-18(13-17(15)3)23-24(28-19-8-11-21(32-4)12-9-19)26(31)29(25(23)30)20-10-6-16(2)22(27)14-20/h5-14,28H,1-4H3. The van der Waals surface area contributed by atoms with E-state index in [9.17, 15) is 9.59 Å². The van der Waals surface area contributed by atoms with Gasteiger partial charge in [0.25, 0.3) is 11.8 Å². The molecule has 0 aromatic heterocycles. The minimum atomic E-state index is -0.432. The third kappa shape index (κ3) is 3.87. The molecular weight excluding hydrogens is 424 g/mol. The van der Waals surface area contributed by atoms with E-state index in [1.807, 2.05) is 39.0 Å². The summed E-state index contributed by atoms with van der Waals surface area (Å²) in [5.74, 6) is -0.128. The quantitative estimate of drug-likeness (QED) is 0.513. The van der Waals surface area contributed by atoms with Gasteiger partial charge in [-0.3, -0.25) is 9.59 Å². The van der Waals surface area contributed by atoms with E-state index in [0.717, 1.165) is 16.7 Å². The zero-order valence-electron chi connectivity index (χ0n) is 18.3. The molecule has 0 saturated carbocycles. The molecule has 5 nitrogen and oxygen atoms in total. The van der Waals surface area contributed by atoms with Gasteiger partial charge in [-0.25, -0.2) is 4.90 Å². The maximum absolute atomic E-state index is 13.6. The Bertz CT molecular complexity index is 1260. The molecule has 32 heavy (non-hydrogen) atoms. The lowest BCUT2D eigenvalue weighted by Gasteiger charge is -2.16. The molecular formula is C26H23ClN2O3. The summed E-state index contributed by atoms with van der Waals surface area (Å²) in [6.07, 6.45) is 0. The Morgan fingerprint density at radius 1 is 0.812 bits per heavy atom. The van der Waals surface area contributed by atoms with Gasteiger partial charge in [-0.05, 0) is 79.4 Å². The van der Waals surface area contributed by atoms with Crippen LogP contribution in [-0.4, -0.2) is 18.9 Å². The normalized spacial score (nSPS) is 13.7. The molecule has 0 atom stereocenters. The molecule has 0 spiro atoms. The zero-order valence-corrected chi connectivity index (χ0v) is 19.1.